The van der Waals surface area contributed by atoms with Gasteiger partial charge in [-0.1, -0.05) is 49.6 Å². The molecule has 1 unspecified atom stereocenters. The fourth-order valence-corrected chi connectivity index (χ4v) is 5.61. The zero-order valence-electron chi connectivity index (χ0n) is 17.7. The van der Waals surface area contributed by atoms with Crippen LogP contribution in [0.25, 0.3) is 0 Å². The summed E-state index contributed by atoms with van der Waals surface area (Å²) >= 11 is 1.64. The number of anilines is 1. The van der Waals surface area contributed by atoms with Crippen LogP contribution in [-0.4, -0.2) is 40.7 Å². The van der Waals surface area contributed by atoms with Gasteiger partial charge in [0.25, 0.3) is 0 Å². The zero-order valence-corrected chi connectivity index (χ0v) is 18.5. The predicted octanol–water partition coefficient (Wildman–Crippen LogP) is 4.42. The number of esters is 1. The van der Waals surface area contributed by atoms with Gasteiger partial charge in [0.1, 0.15) is 0 Å². The maximum absolute atomic E-state index is 12.9. The summed E-state index contributed by atoms with van der Waals surface area (Å²) in [5.41, 5.74) is 1.17. The number of imide groups is 1. The van der Waals surface area contributed by atoms with Crippen LogP contribution >= 0.6 is 11.8 Å². The minimum atomic E-state index is -0.634. The number of thioether (sulfide) groups is 1. The molecule has 1 heterocycles. The highest BCUT2D eigenvalue weighted by atomic mass is 32.2. The van der Waals surface area contributed by atoms with E-state index in [0.29, 0.717) is 16.5 Å². The molecule has 2 fully saturated rings. The molecule has 4 rings (SSSR count). The molecule has 1 aliphatic heterocycles. The van der Waals surface area contributed by atoms with E-state index >= 15 is 0 Å². The maximum Gasteiger partial charge on any atom is 0.338 e. The van der Waals surface area contributed by atoms with Crippen molar-refractivity contribution in [2.45, 2.75) is 49.0 Å². The first kappa shape index (κ1) is 22.3. The first-order valence-corrected chi connectivity index (χ1v) is 11.8. The van der Waals surface area contributed by atoms with Gasteiger partial charge in [-0.05, 0) is 37.1 Å². The van der Waals surface area contributed by atoms with Crippen LogP contribution in [0, 0.1) is 0 Å². The Morgan fingerprint density at radius 1 is 0.906 bits per heavy atom. The first-order chi connectivity index (χ1) is 15.5. The van der Waals surface area contributed by atoms with Gasteiger partial charge in [0.2, 0.25) is 11.8 Å². The normalized spacial score (nSPS) is 19.2. The molecule has 1 saturated heterocycles. The topological polar surface area (TPSA) is 80.8 Å². The Balaban J connectivity index is 1.35. The van der Waals surface area contributed by atoms with E-state index < -0.39 is 5.97 Å². The van der Waals surface area contributed by atoms with Gasteiger partial charge in [-0.15, -0.1) is 11.8 Å². The Morgan fingerprint density at radius 3 is 2.28 bits per heavy atom. The number of ether oxygens (including phenoxy) is 1. The molecule has 2 aliphatic rings. The van der Waals surface area contributed by atoms with E-state index in [-0.39, 0.29) is 41.4 Å². The third-order valence-electron chi connectivity index (χ3n) is 5.81. The van der Waals surface area contributed by atoms with Gasteiger partial charge in [0, 0.05) is 17.2 Å². The molecule has 2 amide bonds. The van der Waals surface area contributed by atoms with Crippen molar-refractivity contribution in [2.75, 3.05) is 11.5 Å². The highest BCUT2D eigenvalue weighted by molar-refractivity contribution is 8.01. The number of rotatable bonds is 7. The van der Waals surface area contributed by atoms with E-state index in [1.807, 2.05) is 0 Å². The number of ketones is 1. The number of nitrogens with zero attached hydrogens (tertiary/aromatic N) is 1. The van der Waals surface area contributed by atoms with Crippen molar-refractivity contribution in [1.82, 2.24) is 0 Å². The lowest BCUT2D eigenvalue weighted by Crippen LogP contribution is -2.31. The summed E-state index contributed by atoms with van der Waals surface area (Å²) in [6.07, 6.45) is 6.04. The number of hydrogen-bond donors (Lipinski definition) is 0. The Morgan fingerprint density at radius 2 is 1.59 bits per heavy atom. The molecule has 7 heteroatoms. The lowest BCUT2D eigenvalue weighted by Gasteiger charge is -2.23. The quantitative estimate of drug-likeness (QED) is 0.352. The number of amides is 2. The molecule has 1 saturated carbocycles. The van der Waals surface area contributed by atoms with Crippen molar-refractivity contribution >= 4 is 41.0 Å². The number of Topliss-reactive ketones (excluding diaryl/α,β-unsaturated/α-hetero) is 1. The van der Waals surface area contributed by atoms with Gasteiger partial charge >= 0.3 is 5.97 Å². The third-order valence-corrected chi connectivity index (χ3v) is 7.36. The molecule has 2 aromatic rings. The van der Waals surface area contributed by atoms with Crippen molar-refractivity contribution in [3.05, 3.63) is 65.7 Å². The lowest BCUT2D eigenvalue weighted by molar-refractivity contribution is -0.121. The van der Waals surface area contributed by atoms with Gasteiger partial charge in [-0.25, -0.2) is 9.69 Å². The molecule has 0 spiro atoms. The van der Waals surface area contributed by atoms with Crippen molar-refractivity contribution in [3.8, 4) is 0 Å². The molecule has 0 bridgehead atoms. The van der Waals surface area contributed by atoms with Crippen LogP contribution in [0.5, 0.6) is 0 Å². The van der Waals surface area contributed by atoms with Crippen molar-refractivity contribution in [1.29, 1.82) is 0 Å². The molecule has 32 heavy (non-hydrogen) atoms. The number of carbonyl (C=O) groups excluding carboxylic acids is 4. The van der Waals surface area contributed by atoms with Gasteiger partial charge in [0.15, 0.2) is 12.4 Å². The molecule has 166 valence electrons. The molecular weight excluding hydrogens is 426 g/mol. The fraction of sp³-hybridized carbons (Fsp3) is 0.360. The van der Waals surface area contributed by atoms with E-state index in [1.165, 1.54) is 36.3 Å². The van der Waals surface area contributed by atoms with Crippen LogP contribution < -0.4 is 4.90 Å². The monoisotopic (exact) mass is 451 g/mol. The minimum Gasteiger partial charge on any atom is -0.454 e. The zero-order chi connectivity index (χ0) is 22.5. The number of carbonyl (C=O) groups is 4. The third kappa shape index (κ3) is 5.10. The van der Waals surface area contributed by atoms with Crippen LogP contribution in [0.1, 0.15) is 59.2 Å². The second kappa shape index (κ2) is 10.1. The maximum atomic E-state index is 12.9. The summed E-state index contributed by atoms with van der Waals surface area (Å²) in [4.78, 5) is 51.0. The molecule has 0 aromatic heterocycles. The molecule has 1 aliphatic carbocycles. The number of hydrogen-bond acceptors (Lipinski definition) is 6. The Hall–Kier alpha value is -2.93. The van der Waals surface area contributed by atoms with E-state index in [9.17, 15) is 19.2 Å². The van der Waals surface area contributed by atoms with Gasteiger partial charge in [0.05, 0.1) is 16.5 Å². The minimum absolute atomic E-state index is 0.186. The van der Waals surface area contributed by atoms with E-state index in [1.54, 1.807) is 54.2 Å². The molecule has 0 N–H and O–H groups in total. The second-order valence-corrected chi connectivity index (χ2v) is 9.58. The molecule has 2 aromatic carbocycles. The van der Waals surface area contributed by atoms with Crippen molar-refractivity contribution < 1.29 is 23.9 Å². The summed E-state index contributed by atoms with van der Waals surface area (Å²) in [5, 5.41) is 0.112. The summed E-state index contributed by atoms with van der Waals surface area (Å²) < 4.78 is 5.11. The van der Waals surface area contributed by atoms with Crippen LogP contribution in [0.2, 0.25) is 0 Å². The van der Waals surface area contributed by atoms with Gasteiger partial charge < -0.3 is 4.74 Å². The Kier molecular flexibility index (Phi) is 7.05. The summed E-state index contributed by atoms with van der Waals surface area (Å²) in [6, 6.07) is 14.8. The SMILES string of the molecule is O=C(COC(=O)c1ccc(N2C(=O)CC(SC3CCCCC3)C2=O)cc1)c1ccccc1. The first-order valence-electron chi connectivity index (χ1n) is 10.9. The Bertz CT molecular complexity index is 999. The van der Waals surface area contributed by atoms with Crippen molar-refractivity contribution in [2.24, 2.45) is 0 Å². The van der Waals surface area contributed by atoms with Crippen LogP contribution in [-0.2, 0) is 14.3 Å². The average Bonchev–Trinajstić information content (AvgIpc) is 3.11. The average molecular weight is 452 g/mol. The second-order valence-electron chi connectivity index (χ2n) is 8.07. The van der Waals surface area contributed by atoms with Crippen molar-refractivity contribution in [3.63, 3.8) is 0 Å². The standard InChI is InChI=1S/C25H25NO5S/c27-21(17-7-3-1-4-8-17)16-31-25(30)18-11-13-19(14-12-18)26-23(28)15-22(24(26)29)32-20-9-5-2-6-10-20/h1,3-4,7-8,11-14,20,22H,2,5-6,9-10,15-16H2. The largest absolute Gasteiger partial charge is 0.454 e. The van der Waals surface area contributed by atoms with Crippen LogP contribution in [0.15, 0.2) is 54.6 Å². The molecular formula is C25H25NO5S. The predicted molar refractivity (Wildman–Crippen MR) is 123 cm³/mol. The molecule has 0 radical (unpaired) electrons. The summed E-state index contributed by atoms with van der Waals surface area (Å²) in [7, 11) is 0. The van der Waals surface area contributed by atoms with E-state index in [0.717, 1.165) is 12.8 Å². The molecule has 6 nitrogen and oxygen atoms in total. The molecule has 1 atom stereocenters. The summed E-state index contributed by atoms with van der Waals surface area (Å²) in [6.45, 7) is -0.353. The number of benzene rings is 2. The van der Waals surface area contributed by atoms with Crippen LogP contribution in [0.3, 0.4) is 0 Å². The van der Waals surface area contributed by atoms with Gasteiger partial charge in [-0.2, -0.15) is 0 Å². The Labute approximate surface area is 191 Å². The van der Waals surface area contributed by atoms with Crippen LogP contribution in [0.4, 0.5) is 5.69 Å². The highest BCUT2D eigenvalue weighted by Crippen LogP contribution is 2.37. The lowest BCUT2D eigenvalue weighted by atomic mass is 10.0. The van der Waals surface area contributed by atoms with Gasteiger partial charge in [-0.3, -0.25) is 14.4 Å². The highest BCUT2D eigenvalue weighted by Gasteiger charge is 2.41. The fourth-order valence-electron chi connectivity index (χ4n) is 4.08. The smallest absolute Gasteiger partial charge is 0.338 e. The summed E-state index contributed by atoms with van der Waals surface area (Å²) in [5.74, 6) is -1.32. The van der Waals surface area contributed by atoms with E-state index in [4.69, 9.17) is 4.74 Å². The van der Waals surface area contributed by atoms with E-state index in [2.05, 4.69) is 0 Å².